The van der Waals surface area contributed by atoms with Gasteiger partial charge in [-0.15, -0.1) is 12.4 Å². The molecular weight excluding hydrogens is 221 g/mol. The predicted octanol–water partition coefficient (Wildman–Crippen LogP) is 1.62. The largest absolute Gasteiger partial charge is 0.433 e. The minimum atomic E-state index is -4.55. The number of amides is 1. The normalized spacial score (nSPS) is 10.5. The number of nitrogens with two attached hydrogens (primary N) is 1. The number of alkyl halides is 3. The van der Waals surface area contributed by atoms with E-state index in [9.17, 15) is 18.0 Å². The molecule has 3 nitrogen and oxygen atoms in total. The van der Waals surface area contributed by atoms with Crippen LogP contribution in [0, 0.1) is 0 Å². The van der Waals surface area contributed by atoms with E-state index in [0.717, 1.165) is 12.3 Å². The zero-order chi connectivity index (χ0) is 10.1. The van der Waals surface area contributed by atoms with Crippen molar-refractivity contribution < 1.29 is 18.0 Å². The summed E-state index contributed by atoms with van der Waals surface area (Å²) < 4.78 is 36.1. The number of hydrogen-bond donors (Lipinski definition) is 1. The van der Waals surface area contributed by atoms with Crippen LogP contribution < -0.4 is 5.73 Å². The zero-order valence-corrected chi connectivity index (χ0v) is 7.52. The highest BCUT2D eigenvalue weighted by Crippen LogP contribution is 2.27. The minimum absolute atomic E-state index is 0. The summed E-state index contributed by atoms with van der Waals surface area (Å²) in [5.41, 5.74) is 3.46. The molecule has 0 atom stereocenters. The lowest BCUT2D eigenvalue weighted by Gasteiger charge is -2.05. The van der Waals surface area contributed by atoms with Crippen molar-refractivity contribution in [3.05, 3.63) is 29.6 Å². The third kappa shape index (κ3) is 2.88. The summed E-state index contributed by atoms with van der Waals surface area (Å²) in [5, 5.41) is 0. The molecule has 2 N–H and O–H groups in total. The van der Waals surface area contributed by atoms with Gasteiger partial charge in [0.1, 0.15) is 5.69 Å². The molecule has 14 heavy (non-hydrogen) atoms. The number of primary amides is 1. The summed E-state index contributed by atoms with van der Waals surface area (Å²) in [7, 11) is 0. The van der Waals surface area contributed by atoms with Gasteiger partial charge >= 0.3 is 6.18 Å². The van der Waals surface area contributed by atoms with Crippen LogP contribution in [0.15, 0.2) is 18.3 Å². The maximum Gasteiger partial charge on any atom is 0.433 e. The number of carbonyl (C=O) groups is 1. The van der Waals surface area contributed by atoms with Crippen molar-refractivity contribution in [1.82, 2.24) is 4.98 Å². The smallest absolute Gasteiger partial charge is 0.366 e. The van der Waals surface area contributed by atoms with E-state index in [1.807, 2.05) is 0 Å². The Morgan fingerprint density at radius 1 is 1.43 bits per heavy atom. The highest BCUT2D eigenvalue weighted by Gasteiger charge is 2.32. The summed E-state index contributed by atoms with van der Waals surface area (Å²) in [6, 6.07) is 1.74. The second-order valence-corrected chi connectivity index (χ2v) is 2.29. The summed E-state index contributed by atoms with van der Waals surface area (Å²) in [6.45, 7) is 0. The first-order chi connectivity index (χ1) is 5.91. The molecule has 1 rings (SSSR count). The van der Waals surface area contributed by atoms with Crippen LogP contribution in [0.2, 0.25) is 0 Å². The summed E-state index contributed by atoms with van der Waals surface area (Å²) in [6.07, 6.45) is -3.66. The highest BCUT2D eigenvalue weighted by atomic mass is 35.5. The average Bonchev–Trinajstić information content (AvgIpc) is 2.03. The lowest BCUT2D eigenvalue weighted by molar-refractivity contribution is -0.141. The van der Waals surface area contributed by atoms with Gasteiger partial charge in [-0.05, 0) is 12.1 Å². The van der Waals surface area contributed by atoms with Crippen LogP contribution in [0.25, 0.3) is 0 Å². The highest BCUT2D eigenvalue weighted by molar-refractivity contribution is 5.92. The van der Waals surface area contributed by atoms with Gasteiger partial charge in [-0.3, -0.25) is 9.78 Å². The molecule has 0 aliphatic heterocycles. The van der Waals surface area contributed by atoms with Crippen molar-refractivity contribution in [3.63, 3.8) is 0 Å². The molecule has 78 valence electrons. The van der Waals surface area contributed by atoms with Crippen LogP contribution in [-0.4, -0.2) is 10.9 Å². The Labute approximate surface area is 83.5 Å². The number of aromatic nitrogens is 1. The molecule has 0 saturated heterocycles. The van der Waals surface area contributed by atoms with Gasteiger partial charge < -0.3 is 5.73 Å². The molecule has 0 bridgehead atoms. The van der Waals surface area contributed by atoms with Crippen molar-refractivity contribution in [2.24, 2.45) is 5.73 Å². The number of rotatable bonds is 1. The maximum atomic E-state index is 12.0. The number of hydrogen-bond acceptors (Lipinski definition) is 2. The first-order valence-electron chi connectivity index (χ1n) is 3.24. The molecule has 0 saturated carbocycles. The van der Waals surface area contributed by atoms with Gasteiger partial charge in [0.05, 0.1) is 0 Å². The molecule has 1 aromatic rings. The van der Waals surface area contributed by atoms with Crippen LogP contribution in [0.5, 0.6) is 0 Å². The molecule has 0 fully saturated rings. The summed E-state index contributed by atoms with van der Waals surface area (Å²) >= 11 is 0. The quantitative estimate of drug-likeness (QED) is 0.791. The Kier molecular flexibility index (Phi) is 3.88. The van der Waals surface area contributed by atoms with E-state index in [2.05, 4.69) is 4.98 Å². The van der Waals surface area contributed by atoms with Gasteiger partial charge in [0, 0.05) is 11.8 Å². The van der Waals surface area contributed by atoms with E-state index >= 15 is 0 Å². The number of carbonyl (C=O) groups excluding carboxylic acids is 1. The standard InChI is InChI=1S/C7H5F3N2O.ClH/c8-7(9,10)5-3-4(6(11)13)1-2-12-5;/h1-3H,(H2,11,13);1H. The number of halogens is 4. The van der Waals surface area contributed by atoms with E-state index < -0.39 is 17.8 Å². The molecule has 0 aliphatic rings. The van der Waals surface area contributed by atoms with Crippen LogP contribution in [0.3, 0.4) is 0 Å². The van der Waals surface area contributed by atoms with Crippen LogP contribution >= 0.6 is 12.4 Å². The molecule has 0 radical (unpaired) electrons. The number of pyridine rings is 1. The zero-order valence-electron chi connectivity index (χ0n) is 6.71. The molecule has 1 heterocycles. The Morgan fingerprint density at radius 2 is 2.00 bits per heavy atom. The first kappa shape index (κ1) is 12.7. The third-order valence-electron chi connectivity index (χ3n) is 1.33. The van der Waals surface area contributed by atoms with Gasteiger partial charge in [-0.1, -0.05) is 0 Å². The Balaban J connectivity index is 0.00000169. The van der Waals surface area contributed by atoms with Crippen molar-refractivity contribution in [3.8, 4) is 0 Å². The SMILES string of the molecule is Cl.NC(=O)c1ccnc(C(F)(F)F)c1. The molecule has 1 amide bonds. The fourth-order valence-corrected chi connectivity index (χ4v) is 0.739. The maximum absolute atomic E-state index is 12.0. The fourth-order valence-electron chi connectivity index (χ4n) is 0.739. The molecule has 0 spiro atoms. The average molecular weight is 227 g/mol. The van der Waals surface area contributed by atoms with Crippen molar-refractivity contribution in [2.75, 3.05) is 0 Å². The molecule has 0 aliphatic carbocycles. The van der Waals surface area contributed by atoms with Crippen LogP contribution in [-0.2, 0) is 6.18 Å². The molecule has 0 unspecified atom stereocenters. The monoisotopic (exact) mass is 226 g/mol. The molecule has 7 heteroatoms. The predicted molar refractivity (Wildman–Crippen MR) is 45.0 cm³/mol. The second kappa shape index (κ2) is 4.28. The van der Waals surface area contributed by atoms with Gasteiger partial charge in [-0.25, -0.2) is 0 Å². The van der Waals surface area contributed by atoms with E-state index in [1.165, 1.54) is 0 Å². The van der Waals surface area contributed by atoms with Crippen LogP contribution in [0.1, 0.15) is 16.1 Å². The van der Waals surface area contributed by atoms with Crippen LogP contribution in [0.4, 0.5) is 13.2 Å². The third-order valence-corrected chi connectivity index (χ3v) is 1.33. The molecule has 0 aromatic carbocycles. The molecule has 1 aromatic heterocycles. The van der Waals surface area contributed by atoms with E-state index in [4.69, 9.17) is 5.73 Å². The lowest BCUT2D eigenvalue weighted by Crippen LogP contribution is -2.14. The Morgan fingerprint density at radius 3 is 2.43 bits per heavy atom. The minimum Gasteiger partial charge on any atom is -0.366 e. The lowest BCUT2D eigenvalue weighted by atomic mass is 10.2. The molecular formula is C7H6ClF3N2O. The second-order valence-electron chi connectivity index (χ2n) is 2.29. The summed E-state index contributed by atoms with van der Waals surface area (Å²) in [4.78, 5) is 13.6. The van der Waals surface area contributed by atoms with Crippen molar-refractivity contribution >= 4 is 18.3 Å². The fraction of sp³-hybridized carbons (Fsp3) is 0.143. The van der Waals surface area contributed by atoms with E-state index in [0.29, 0.717) is 6.07 Å². The van der Waals surface area contributed by atoms with Gasteiger partial charge in [-0.2, -0.15) is 13.2 Å². The summed E-state index contributed by atoms with van der Waals surface area (Å²) in [5.74, 6) is -0.909. The number of nitrogens with zero attached hydrogens (tertiary/aromatic N) is 1. The van der Waals surface area contributed by atoms with Gasteiger partial charge in [0.25, 0.3) is 0 Å². The van der Waals surface area contributed by atoms with Gasteiger partial charge in [0.15, 0.2) is 0 Å². The van der Waals surface area contributed by atoms with Crippen molar-refractivity contribution in [1.29, 1.82) is 0 Å². The first-order valence-corrected chi connectivity index (χ1v) is 3.24. The Hall–Kier alpha value is -1.30. The van der Waals surface area contributed by atoms with E-state index in [-0.39, 0.29) is 18.0 Å². The topological polar surface area (TPSA) is 56.0 Å². The Bertz CT molecular complexity index is 340. The van der Waals surface area contributed by atoms with Crippen molar-refractivity contribution in [2.45, 2.75) is 6.18 Å². The van der Waals surface area contributed by atoms with Gasteiger partial charge in [0.2, 0.25) is 5.91 Å². The van der Waals surface area contributed by atoms with E-state index in [1.54, 1.807) is 0 Å².